The fraction of sp³-hybridized carbons (Fsp3) is 0.471. The number of halogens is 1. The van der Waals surface area contributed by atoms with E-state index in [0.29, 0.717) is 12.2 Å². The Morgan fingerprint density at radius 2 is 2.20 bits per heavy atom. The molecule has 25 heavy (non-hydrogen) atoms. The quantitative estimate of drug-likeness (QED) is 0.746. The summed E-state index contributed by atoms with van der Waals surface area (Å²) in [5, 5.41) is 11.2. The van der Waals surface area contributed by atoms with Crippen LogP contribution in [0.15, 0.2) is 24.3 Å². The third-order valence-corrected chi connectivity index (χ3v) is 5.33. The van der Waals surface area contributed by atoms with Crippen LogP contribution in [0.1, 0.15) is 13.8 Å². The summed E-state index contributed by atoms with van der Waals surface area (Å²) in [5.41, 5.74) is 0.310. The molecule has 0 radical (unpaired) electrons. The van der Waals surface area contributed by atoms with Crippen LogP contribution in [-0.2, 0) is 14.3 Å². The summed E-state index contributed by atoms with van der Waals surface area (Å²) in [4.78, 5) is 26.1. The largest absolute Gasteiger partial charge is 0.465 e. The number of hydrogen-bond acceptors (Lipinski definition) is 6. The second-order valence-corrected chi connectivity index (χ2v) is 6.68. The molecule has 1 aliphatic heterocycles. The van der Waals surface area contributed by atoms with Gasteiger partial charge in [-0.05, 0) is 26.0 Å². The molecule has 1 aliphatic rings. The summed E-state index contributed by atoms with van der Waals surface area (Å²) in [6, 6.07) is 8.15. The number of para-hydroxylation sites is 1. The standard InChI is InChI=1S/C17H20FN3O3S/c1-3-21-15(22)14(10-20-13-8-6-5-7-12(13)18)25-16(21)11(9-19)17(23)24-4-2/h5-8,11,14,16,20H,3-4,10H2,1-2H3/t11?,14?,16-/m0/s1. The normalized spacial score (nSPS) is 20.9. The summed E-state index contributed by atoms with van der Waals surface area (Å²) in [6.45, 7) is 4.21. The highest BCUT2D eigenvalue weighted by Crippen LogP contribution is 2.36. The highest BCUT2D eigenvalue weighted by molar-refractivity contribution is 8.01. The lowest BCUT2D eigenvalue weighted by Crippen LogP contribution is -2.41. The molecule has 3 atom stereocenters. The highest BCUT2D eigenvalue weighted by Gasteiger charge is 2.46. The van der Waals surface area contributed by atoms with Crippen molar-refractivity contribution in [1.82, 2.24) is 4.90 Å². The predicted molar refractivity (Wildman–Crippen MR) is 93.2 cm³/mol. The average Bonchev–Trinajstić information content (AvgIpc) is 2.91. The SMILES string of the molecule is CCOC(=O)C(C#N)[C@@H]1SC(CNc2ccccc2F)C(=O)N1CC. The van der Waals surface area contributed by atoms with E-state index in [-0.39, 0.29) is 19.1 Å². The molecule has 0 aliphatic carbocycles. The molecule has 1 heterocycles. The molecule has 1 fully saturated rings. The van der Waals surface area contributed by atoms with Crippen molar-refractivity contribution in [1.29, 1.82) is 5.26 Å². The molecule has 2 unspecified atom stereocenters. The molecule has 1 N–H and O–H groups in total. The van der Waals surface area contributed by atoms with Gasteiger partial charge in [-0.3, -0.25) is 9.59 Å². The lowest BCUT2D eigenvalue weighted by Gasteiger charge is -2.24. The van der Waals surface area contributed by atoms with E-state index in [0.717, 1.165) is 0 Å². The number of amides is 1. The maximum atomic E-state index is 13.7. The van der Waals surface area contributed by atoms with Crippen LogP contribution >= 0.6 is 11.8 Å². The van der Waals surface area contributed by atoms with Crippen molar-refractivity contribution in [3.63, 3.8) is 0 Å². The Kier molecular flexibility index (Phi) is 6.65. The minimum Gasteiger partial charge on any atom is -0.465 e. The van der Waals surface area contributed by atoms with Gasteiger partial charge < -0.3 is 15.0 Å². The number of thioether (sulfide) groups is 1. The van der Waals surface area contributed by atoms with E-state index in [1.54, 1.807) is 32.0 Å². The molecule has 0 bridgehead atoms. The summed E-state index contributed by atoms with van der Waals surface area (Å²) < 4.78 is 18.6. The van der Waals surface area contributed by atoms with Gasteiger partial charge in [0.2, 0.25) is 5.91 Å². The van der Waals surface area contributed by atoms with Crippen LogP contribution in [-0.4, -0.2) is 47.1 Å². The lowest BCUT2D eigenvalue weighted by atomic mass is 10.1. The number of ether oxygens (including phenoxy) is 1. The van der Waals surface area contributed by atoms with Crippen molar-refractivity contribution >= 4 is 29.3 Å². The van der Waals surface area contributed by atoms with E-state index in [4.69, 9.17) is 4.74 Å². The van der Waals surface area contributed by atoms with Gasteiger partial charge in [0.1, 0.15) is 16.4 Å². The Morgan fingerprint density at radius 1 is 1.48 bits per heavy atom. The van der Waals surface area contributed by atoms with Gasteiger partial charge in [0.15, 0.2) is 5.92 Å². The minimum absolute atomic E-state index is 0.173. The maximum Gasteiger partial charge on any atom is 0.326 e. The number of nitrogens with one attached hydrogen (secondary N) is 1. The lowest BCUT2D eigenvalue weighted by molar-refractivity contribution is -0.147. The molecule has 0 spiro atoms. The number of anilines is 1. The second kappa shape index (κ2) is 8.72. The van der Waals surface area contributed by atoms with E-state index in [1.165, 1.54) is 22.7 Å². The Hall–Kier alpha value is -2.27. The van der Waals surface area contributed by atoms with Crippen molar-refractivity contribution in [3.8, 4) is 6.07 Å². The molecule has 8 heteroatoms. The van der Waals surface area contributed by atoms with Crippen molar-refractivity contribution in [3.05, 3.63) is 30.1 Å². The fourth-order valence-corrected chi connectivity index (χ4v) is 4.11. The zero-order chi connectivity index (χ0) is 18.4. The van der Waals surface area contributed by atoms with Crippen molar-refractivity contribution in [2.24, 2.45) is 5.92 Å². The highest BCUT2D eigenvalue weighted by atomic mass is 32.2. The Labute approximate surface area is 150 Å². The van der Waals surface area contributed by atoms with Crippen LogP contribution in [0.3, 0.4) is 0 Å². The van der Waals surface area contributed by atoms with Crippen LogP contribution < -0.4 is 5.32 Å². The number of carbonyl (C=O) groups is 2. The van der Waals surface area contributed by atoms with E-state index in [9.17, 15) is 19.2 Å². The van der Waals surface area contributed by atoms with Gasteiger partial charge in [0.05, 0.1) is 18.4 Å². The number of esters is 1. The Bertz CT molecular complexity index is 679. The van der Waals surface area contributed by atoms with Gasteiger partial charge in [-0.25, -0.2) is 4.39 Å². The molecule has 2 rings (SSSR count). The van der Waals surface area contributed by atoms with Crippen LogP contribution in [0.4, 0.5) is 10.1 Å². The molecule has 1 amide bonds. The van der Waals surface area contributed by atoms with Gasteiger partial charge in [-0.2, -0.15) is 5.26 Å². The predicted octanol–water partition coefficient (Wildman–Crippen LogP) is 2.23. The first kappa shape index (κ1) is 19.1. The average molecular weight is 365 g/mol. The first-order valence-electron chi connectivity index (χ1n) is 8.04. The third kappa shape index (κ3) is 4.23. The summed E-state index contributed by atoms with van der Waals surface area (Å²) in [6.07, 6.45) is 0. The van der Waals surface area contributed by atoms with Crippen LogP contribution in [0.2, 0.25) is 0 Å². The van der Waals surface area contributed by atoms with Crippen molar-refractivity contribution < 1.29 is 18.7 Å². The number of rotatable bonds is 7. The zero-order valence-electron chi connectivity index (χ0n) is 14.1. The molecule has 0 aromatic heterocycles. The molecule has 134 valence electrons. The Morgan fingerprint density at radius 3 is 2.80 bits per heavy atom. The minimum atomic E-state index is -1.05. The fourth-order valence-electron chi connectivity index (χ4n) is 2.61. The number of nitrogens with zero attached hydrogens (tertiary/aromatic N) is 2. The monoisotopic (exact) mass is 365 g/mol. The summed E-state index contributed by atoms with van der Waals surface area (Å²) >= 11 is 1.23. The topological polar surface area (TPSA) is 82.4 Å². The second-order valence-electron chi connectivity index (χ2n) is 5.36. The van der Waals surface area contributed by atoms with Crippen LogP contribution in [0.5, 0.6) is 0 Å². The van der Waals surface area contributed by atoms with Crippen LogP contribution in [0, 0.1) is 23.1 Å². The summed E-state index contributed by atoms with van der Waals surface area (Å²) in [5.74, 6) is -2.25. The molecule has 1 aromatic rings. The van der Waals surface area contributed by atoms with Gasteiger partial charge in [0, 0.05) is 13.1 Å². The number of hydrogen-bond donors (Lipinski definition) is 1. The third-order valence-electron chi connectivity index (χ3n) is 3.83. The molecule has 6 nitrogen and oxygen atoms in total. The van der Waals surface area contributed by atoms with E-state index in [1.807, 2.05) is 6.07 Å². The molecular formula is C17H20FN3O3S. The van der Waals surface area contributed by atoms with E-state index >= 15 is 0 Å². The van der Waals surface area contributed by atoms with Gasteiger partial charge in [0.25, 0.3) is 0 Å². The van der Waals surface area contributed by atoms with Gasteiger partial charge in [-0.15, -0.1) is 11.8 Å². The maximum absolute atomic E-state index is 13.7. The van der Waals surface area contributed by atoms with E-state index in [2.05, 4.69) is 5.32 Å². The number of benzene rings is 1. The van der Waals surface area contributed by atoms with E-state index < -0.39 is 28.3 Å². The van der Waals surface area contributed by atoms with Crippen molar-refractivity contribution in [2.45, 2.75) is 24.5 Å². The first-order valence-corrected chi connectivity index (χ1v) is 8.98. The Balaban J connectivity index is 2.09. The molecular weight excluding hydrogens is 345 g/mol. The number of nitriles is 1. The molecule has 1 saturated heterocycles. The summed E-state index contributed by atoms with van der Waals surface area (Å²) in [7, 11) is 0. The van der Waals surface area contributed by atoms with Gasteiger partial charge in [-0.1, -0.05) is 12.1 Å². The van der Waals surface area contributed by atoms with Crippen molar-refractivity contribution in [2.75, 3.05) is 25.0 Å². The van der Waals surface area contributed by atoms with Gasteiger partial charge >= 0.3 is 5.97 Å². The molecule has 1 aromatic carbocycles. The smallest absolute Gasteiger partial charge is 0.326 e. The first-order chi connectivity index (χ1) is 12.0. The molecule has 0 saturated carbocycles. The number of carbonyl (C=O) groups excluding carboxylic acids is 2. The zero-order valence-corrected chi connectivity index (χ0v) is 14.9. The van der Waals surface area contributed by atoms with Crippen LogP contribution in [0.25, 0.3) is 0 Å².